The summed E-state index contributed by atoms with van der Waals surface area (Å²) >= 11 is 1.19. The van der Waals surface area contributed by atoms with Crippen LogP contribution in [0.1, 0.15) is 5.82 Å². The van der Waals surface area contributed by atoms with Crippen molar-refractivity contribution in [2.45, 2.75) is 11.1 Å². The summed E-state index contributed by atoms with van der Waals surface area (Å²) in [6.45, 7) is 0. The Labute approximate surface area is 150 Å². The number of carbonyl (C=O) groups is 1. The van der Waals surface area contributed by atoms with Crippen molar-refractivity contribution in [3.8, 4) is 0 Å². The molecule has 3 N–H and O–H groups in total. The minimum Gasteiger partial charge on any atom is -0.369 e. The normalized spacial score (nSPS) is 11.5. The molecule has 0 unspecified atom stereocenters. The Morgan fingerprint density at radius 2 is 1.77 bits per heavy atom. The molecule has 1 amide bonds. The van der Waals surface area contributed by atoms with E-state index in [2.05, 4.69) is 15.3 Å². The van der Waals surface area contributed by atoms with Gasteiger partial charge < -0.3 is 11.1 Å². The van der Waals surface area contributed by atoms with Crippen molar-refractivity contribution in [3.63, 3.8) is 0 Å². The highest BCUT2D eigenvalue weighted by Gasteiger charge is 2.35. The molecule has 1 aromatic heterocycles. The molecule has 3 rings (SSSR count). The minimum absolute atomic E-state index is 0.0371. The molecule has 0 saturated heterocycles. The molecule has 134 valence electrons. The van der Waals surface area contributed by atoms with Crippen LogP contribution in [-0.4, -0.2) is 21.6 Å². The van der Waals surface area contributed by atoms with E-state index in [9.17, 15) is 18.0 Å². The Bertz CT molecular complexity index is 962. The molecule has 0 atom stereocenters. The van der Waals surface area contributed by atoms with Crippen LogP contribution in [0.4, 0.5) is 24.7 Å². The van der Waals surface area contributed by atoms with Crippen LogP contribution in [0.3, 0.4) is 0 Å². The number of nitrogens with two attached hydrogens (primary N) is 1. The van der Waals surface area contributed by atoms with E-state index in [1.54, 1.807) is 42.5 Å². The number of rotatable bonds is 5. The first kappa shape index (κ1) is 18.0. The maximum Gasteiger partial charge on any atom is 0.451 e. The van der Waals surface area contributed by atoms with Crippen LogP contribution < -0.4 is 11.1 Å². The lowest BCUT2D eigenvalue weighted by Crippen LogP contribution is -2.13. The zero-order valence-corrected chi connectivity index (χ0v) is 14.1. The summed E-state index contributed by atoms with van der Waals surface area (Å²) in [6.07, 6.45) is -4.67. The lowest BCUT2D eigenvalue weighted by molar-refractivity contribution is -0.144. The number of thioether (sulfide) groups is 1. The van der Waals surface area contributed by atoms with Crippen molar-refractivity contribution in [1.82, 2.24) is 9.97 Å². The number of carbonyl (C=O) groups excluding carboxylic acids is 1. The van der Waals surface area contributed by atoms with E-state index in [0.717, 1.165) is 0 Å². The van der Waals surface area contributed by atoms with E-state index in [-0.39, 0.29) is 17.1 Å². The molecule has 5 nitrogen and oxygen atoms in total. The first-order chi connectivity index (χ1) is 12.3. The van der Waals surface area contributed by atoms with Gasteiger partial charge in [-0.05, 0) is 24.3 Å². The lowest BCUT2D eigenvalue weighted by atomic mass is 10.2. The predicted octanol–water partition coefficient (Wildman–Crippen LogP) is 3.97. The van der Waals surface area contributed by atoms with Crippen LogP contribution in [0.25, 0.3) is 10.9 Å². The third-order valence-corrected chi connectivity index (χ3v) is 4.46. The second-order valence-corrected chi connectivity index (χ2v) is 6.30. The Morgan fingerprint density at radius 1 is 1.08 bits per heavy atom. The second-order valence-electron chi connectivity index (χ2n) is 5.29. The SMILES string of the molecule is NC(=O)CSc1ccccc1Nc1nc(C(F)(F)F)nc2ccccc12. The van der Waals surface area contributed by atoms with Crippen LogP contribution in [-0.2, 0) is 11.0 Å². The van der Waals surface area contributed by atoms with Gasteiger partial charge in [-0.1, -0.05) is 24.3 Å². The van der Waals surface area contributed by atoms with Crippen LogP contribution in [0.2, 0.25) is 0 Å². The number of hydrogen-bond acceptors (Lipinski definition) is 5. The van der Waals surface area contributed by atoms with Gasteiger partial charge >= 0.3 is 6.18 Å². The number of primary amides is 1. The van der Waals surface area contributed by atoms with Gasteiger partial charge in [-0.3, -0.25) is 4.79 Å². The Kier molecular flexibility index (Phi) is 4.99. The predicted molar refractivity (Wildman–Crippen MR) is 94.2 cm³/mol. The lowest BCUT2D eigenvalue weighted by Gasteiger charge is -2.14. The van der Waals surface area contributed by atoms with Crippen molar-refractivity contribution >= 4 is 40.1 Å². The van der Waals surface area contributed by atoms with Crippen LogP contribution in [0.5, 0.6) is 0 Å². The van der Waals surface area contributed by atoms with Crippen molar-refractivity contribution < 1.29 is 18.0 Å². The molecular formula is C17H13F3N4OS. The van der Waals surface area contributed by atoms with Gasteiger partial charge in [-0.15, -0.1) is 11.8 Å². The van der Waals surface area contributed by atoms with E-state index in [4.69, 9.17) is 5.73 Å². The summed E-state index contributed by atoms with van der Waals surface area (Å²) in [6, 6.07) is 13.3. The first-order valence-electron chi connectivity index (χ1n) is 7.46. The molecule has 26 heavy (non-hydrogen) atoms. The Hall–Kier alpha value is -2.81. The smallest absolute Gasteiger partial charge is 0.369 e. The minimum atomic E-state index is -4.67. The molecule has 0 spiro atoms. The molecule has 1 heterocycles. The average molecular weight is 378 g/mol. The Balaban J connectivity index is 2.05. The van der Waals surface area contributed by atoms with E-state index < -0.39 is 17.9 Å². The average Bonchev–Trinajstić information content (AvgIpc) is 2.60. The standard InChI is InChI=1S/C17H13F3N4OS/c18-17(19,20)16-23-11-6-2-1-5-10(11)15(24-16)22-12-7-3-4-8-13(12)26-9-14(21)25/h1-8H,9H2,(H2,21,25)(H,22,23,24). The fourth-order valence-electron chi connectivity index (χ4n) is 2.27. The summed E-state index contributed by atoms with van der Waals surface area (Å²) in [5, 5.41) is 3.38. The maximum atomic E-state index is 13.1. The number of nitrogens with zero attached hydrogens (tertiary/aromatic N) is 2. The molecule has 0 bridgehead atoms. The highest BCUT2D eigenvalue weighted by Crippen LogP contribution is 2.34. The highest BCUT2D eigenvalue weighted by molar-refractivity contribution is 8.00. The van der Waals surface area contributed by atoms with Gasteiger partial charge in [0.05, 0.1) is 17.0 Å². The molecule has 0 aliphatic heterocycles. The van der Waals surface area contributed by atoms with Gasteiger partial charge in [-0.2, -0.15) is 13.2 Å². The number of fused-ring (bicyclic) bond motifs is 1. The van der Waals surface area contributed by atoms with Gasteiger partial charge in [0.25, 0.3) is 0 Å². The van der Waals surface area contributed by atoms with Gasteiger partial charge in [0.2, 0.25) is 11.7 Å². The quantitative estimate of drug-likeness (QED) is 0.657. The molecule has 3 aromatic rings. The number of benzene rings is 2. The Morgan fingerprint density at radius 3 is 2.50 bits per heavy atom. The monoisotopic (exact) mass is 378 g/mol. The molecule has 0 aliphatic rings. The third-order valence-electron chi connectivity index (χ3n) is 3.37. The fourth-order valence-corrected chi connectivity index (χ4v) is 3.02. The van der Waals surface area contributed by atoms with Gasteiger partial charge in [0, 0.05) is 10.3 Å². The van der Waals surface area contributed by atoms with Gasteiger partial charge in [-0.25, -0.2) is 9.97 Å². The van der Waals surface area contributed by atoms with Crippen LogP contribution in [0.15, 0.2) is 53.4 Å². The van der Waals surface area contributed by atoms with Crippen molar-refractivity contribution in [3.05, 3.63) is 54.4 Å². The highest BCUT2D eigenvalue weighted by atomic mass is 32.2. The molecule has 2 aromatic carbocycles. The summed E-state index contributed by atoms with van der Waals surface area (Å²) < 4.78 is 39.3. The van der Waals surface area contributed by atoms with Crippen LogP contribution >= 0.6 is 11.8 Å². The first-order valence-corrected chi connectivity index (χ1v) is 8.44. The number of nitrogens with one attached hydrogen (secondary N) is 1. The molecule has 0 aliphatic carbocycles. The van der Waals surface area contributed by atoms with Crippen molar-refractivity contribution in [1.29, 1.82) is 0 Å². The molecule has 9 heteroatoms. The number of para-hydroxylation sites is 2. The van der Waals surface area contributed by atoms with E-state index in [1.807, 2.05) is 0 Å². The molecule has 0 fully saturated rings. The van der Waals surface area contributed by atoms with E-state index >= 15 is 0 Å². The van der Waals surface area contributed by atoms with Crippen LogP contribution in [0, 0.1) is 0 Å². The largest absolute Gasteiger partial charge is 0.451 e. The van der Waals surface area contributed by atoms with Crippen molar-refractivity contribution in [2.24, 2.45) is 5.73 Å². The van der Waals surface area contributed by atoms with E-state index in [1.165, 1.54) is 17.8 Å². The second kappa shape index (κ2) is 7.20. The zero-order valence-electron chi connectivity index (χ0n) is 13.2. The topological polar surface area (TPSA) is 80.9 Å². The number of hydrogen-bond donors (Lipinski definition) is 2. The zero-order chi connectivity index (χ0) is 18.7. The fraction of sp³-hybridized carbons (Fsp3) is 0.118. The van der Waals surface area contributed by atoms with Gasteiger partial charge in [0.15, 0.2) is 0 Å². The summed E-state index contributed by atoms with van der Waals surface area (Å²) in [4.78, 5) is 18.9. The third kappa shape index (κ3) is 4.05. The van der Waals surface area contributed by atoms with E-state index in [0.29, 0.717) is 16.0 Å². The number of anilines is 2. The number of halogens is 3. The number of amides is 1. The molecule has 0 saturated carbocycles. The summed E-state index contributed by atoms with van der Waals surface area (Å²) in [5.74, 6) is -1.62. The summed E-state index contributed by atoms with van der Waals surface area (Å²) in [7, 11) is 0. The molecule has 0 radical (unpaired) electrons. The van der Waals surface area contributed by atoms with Gasteiger partial charge in [0.1, 0.15) is 5.82 Å². The summed E-state index contributed by atoms with van der Waals surface area (Å²) in [5.41, 5.74) is 5.86. The number of aromatic nitrogens is 2. The molecular weight excluding hydrogens is 365 g/mol. The maximum absolute atomic E-state index is 13.1. The number of alkyl halides is 3. The van der Waals surface area contributed by atoms with Crippen molar-refractivity contribution in [2.75, 3.05) is 11.1 Å².